The SMILES string of the molecule is COC(=O)C1=CC2C=C(C)C3N2N=C(c2cccs2)SC13C(=O)OC. The third-order valence-corrected chi connectivity index (χ3v) is 7.08. The summed E-state index contributed by atoms with van der Waals surface area (Å²) in [7, 11) is 2.66. The lowest BCUT2D eigenvalue weighted by molar-refractivity contribution is -0.147. The first kappa shape index (κ1) is 16.4. The first-order chi connectivity index (χ1) is 12.0. The number of esters is 2. The Labute approximate surface area is 153 Å². The van der Waals surface area contributed by atoms with Crippen LogP contribution in [0, 0.1) is 0 Å². The molecule has 3 aliphatic rings. The van der Waals surface area contributed by atoms with Gasteiger partial charge in [-0.25, -0.2) is 4.79 Å². The van der Waals surface area contributed by atoms with Crippen molar-refractivity contribution in [2.45, 2.75) is 23.8 Å². The van der Waals surface area contributed by atoms with Crippen molar-refractivity contribution in [3.63, 3.8) is 0 Å². The van der Waals surface area contributed by atoms with Crippen LogP contribution in [0.3, 0.4) is 0 Å². The molecule has 0 radical (unpaired) electrons. The Kier molecular flexibility index (Phi) is 3.77. The Bertz CT molecular complexity index is 843. The first-order valence-electron chi connectivity index (χ1n) is 7.70. The monoisotopic (exact) mass is 376 g/mol. The highest BCUT2D eigenvalue weighted by Gasteiger charge is 2.64. The Morgan fingerprint density at radius 1 is 1.28 bits per heavy atom. The van der Waals surface area contributed by atoms with Crippen molar-refractivity contribution in [3.05, 3.63) is 45.7 Å². The molecule has 3 atom stereocenters. The van der Waals surface area contributed by atoms with Crippen LogP contribution in [0.4, 0.5) is 0 Å². The van der Waals surface area contributed by atoms with Gasteiger partial charge in [0, 0.05) is 0 Å². The highest BCUT2D eigenvalue weighted by Crippen LogP contribution is 2.54. The fourth-order valence-electron chi connectivity index (χ4n) is 3.65. The van der Waals surface area contributed by atoms with Gasteiger partial charge in [-0.3, -0.25) is 9.80 Å². The van der Waals surface area contributed by atoms with E-state index in [4.69, 9.17) is 14.6 Å². The minimum absolute atomic E-state index is 0.173. The molecule has 0 saturated carbocycles. The summed E-state index contributed by atoms with van der Waals surface area (Å²) < 4.78 is 8.90. The summed E-state index contributed by atoms with van der Waals surface area (Å²) >= 11 is 2.82. The molecular formula is C17H16N2O4S2. The summed E-state index contributed by atoms with van der Waals surface area (Å²) in [4.78, 5) is 26.5. The van der Waals surface area contributed by atoms with Gasteiger partial charge in [-0.15, -0.1) is 11.3 Å². The number of ether oxygens (including phenoxy) is 2. The van der Waals surface area contributed by atoms with Crippen molar-refractivity contribution < 1.29 is 19.1 Å². The van der Waals surface area contributed by atoms with E-state index in [0.717, 1.165) is 10.5 Å². The third-order valence-electron chi connectivity index (χ3n) is 4.65. The summed E-state index contributed by atoms with van der Waals surface area (Å²) in [6, 6.07) is 3.35. The molecular weight excluding hydrogens is 360 g/mol. The van der Waals surface area contributed by atoms with E-state index in [1.165, 1.54) is 26.0 Å². The van der Waals surface area contributed by atoms with Crippen LogP contribution in [-0.4, -0.2) is 53.0 Å². The average molecular weight is 376 g/mol. The fourth-order valence-corrected chi connectivity index (χ4v) is 5.96. The quantitative estimate of drug-likeness (QED) is 0.595. The van der Waals surface area contributed by atoms with Crippen LogP contribution in [-0.2, 0) is 19.1 Å². The van der Waals surface area contributed by atoms with Gasteiger partial charge in [0.05, 0.1) is 36.8 Å². The number of thioether (sulfide) groups is 1. The summed E-state index contributed by atoms with van der Waals surface area (Å²) in [5, 5.41) is 9.32. The zero-order chi connectivity index (χ0) is 17.8. The zero-order valence-electron chi connectivity index (χ0n) is 13.9. The van der Waals surface area contributed by atoms with Gasteiger partial charge in [0.25, 0.3) is 0 Å². The van der Waals surface area contributed by atoms with Crippen LogP contribution in [0.15, 0.2) is 45.9 Å². The van der Waals surface area contributed by atoms with E-state index in [-0.39, 0.29) is 12.1 Å². The summed E-state index contributed by atoms with van der Waals surface area (Å²) in [5.41, 5.74) is 1.32. The van der Waals surface area contributed by atoms with Crippen molar-refractivity contribution in [1.29, 1.82) is 0 Å². The molecule has 0 aromatic carbocycles. The topological polar surface area (TPSA) is 68.2 Å². The molecule has 4 heterocycles. The minimum Gasteiger partial charge on any atom is -0.468 e. The van der Waals surface area contributed by atoms with Gasteiger partial charge in [0.15, 0.2) is 4.75 Å². The van der Waals surface area contributed by atoms with E-state index in [0.29, 0.717) is 10.6 Å². The second-order valence-corrected chi connectivity index (χ2v) is 8.15. The number of hydrazone groups is 1. The minimum atomic E-state index is -1.23. The second-order valence-electron chi connectivity index (χ2n) is 5.97. The van der Waals surface area contributed by atoms with Crippen LogP contribution in [0.1, 0.15) is 11.8 Å². The van der Waals surface area contributed by atoms with Gasteiger partial charge >= 0.3 is 11.9 Å². The predicted octanol–water partition coefficient (Wildman–Crippen LogP) is 2.18. The number of thiophene rings is 1. The van der Waals surface area contributed by atoms with Gasteiger partial charge in [0.2, 0.25) is 0 Å². The van der Waals surface area contributed by atoms with Gasteiger partial charge < -0.3 is 9.47 Å². The van der Waals surface area contributed by atoms with Crippen LogP contribution in [0.2, 0.25) is 0 Å². The molecule has 8 heteroatoms. The van der Waals surface area contributed by atoms with Gasteiger partial charge in [-0.1, -0.05) is 23.9 Å². The lowest BCUT2D eigenvalue weighted by Crippen LogP contribution is -2.62. The standard InChI is InChI=1S/C17H16N2O4S2/c1-9-7-10-8-11(15(20)22-2)17(16(21)23-3)13(9)19(10)18-14(25-17)12-5-4-6-24-12/h4-8,10,13H,1-3H3. The second kappa shape index (κ2) is 5.74. The summed E-state index contributed by atoms with van der Waals surface area (Å²) in [6.07, 6.45) is 3.79. The Morgan fingerprint density at radius 2 is 2.08 bits per heavy atom. The normalized spacial score (nSPS) is 29.6. The molecule has 4 bridgehead atoms. The summed E-state index contributed by atoms with van der Waals surface area (Å²) in [6.45, 7) is 1.95. The van der Waals surface area contributed by atoms with E-state index in [9.17, 15) is 9.59 Å². The maximum Gasteiger partial charge on any atom is 0.335 e. The smallest absolute Gasteiger partial charge is 0.335 e. The lowest BCUT2D eigenvalue weighted by atomic mass is 9.84. The van der Waals surface area contributed by atoms with Crippen molar-refractivity contribution in [1.82, 2.24) is 5.01 Å². The highest BCUT2D eigenvalue weighted by atomic mass is 32.2. The maximum absolute atomic E-state index is 13.0. The van der Waals surface area contributed by atoms with Crippen LogP contribution in [0.25, 0.3) is 0 Å². The molecule has 3 unspecified atom stereocenters. The maximum atomic E-state index is 13.0. The number of hydrogen-bond acceptors (Lipinski definition) is 8. The molecule has 0 fully saturated rings. The highest BCUT2D eigenvalue weighted by molar-refractivity contribution is 8.16. The van der Waals surface area contributed by atoms with Gasteiger partial charge in [-0.2, -0.15) is 5.10 Å². The largest absolute Gasteiger partial charge is 0.468 e. The molecule has 0 aliphatic carbocycles. The molecule has 25 heavy (non-hydrogen) atoms. The average Bonchev–Trinajstić information content (AvgIpc) is 3.23. The van der Waals surface area contributed by atoms with Crippen LogP contribution >= 0.6 is 23.1 Å². The molecule has 1 aromatic heterocycles. The molecule has 1 aromatic rings. The molecule has 0 saturated heterocycles. The fraction of sp³-hybridized carbons (Fsp3) is 0.353. The predicted molar refractivity (Wildman–Crippen MR) is 96.5 cm³/mol. The van der Waals surface area contributed by atoms with Crippen molar-refractivity contribution >= 4 is 40.1 Å². The van der Waals surface area contributed by atoms with E-state index >= 15 is 0 Å². The Morgan fingerprint density at radius 3 is 2.72 bits per heavy atom. The molecule has 4 rings (SSSR count). The number of hydrogen-bond donors (Lipinski definition) is 0. The third kappa shape index (κ3) is 2.13. The number of methoxy groups -OCH3 is 2. The van der Waals surface area contributed by atoms with Crippen molar-refractivity contribution in [2.75, 3.05) is 14.2 Å². The van der Waals surface area contributed by atoms with E-state index < -0.39 is 16.7 Å². The van der Waals surface area contributed by atoms with Crippen molar-refractivity contribution in [2.24, 2.45) is 5.10 Å². The molecule has 0 N–H and O–H groups in total. The van der Waals surface area contributed by atoms with E-state index in [1.807, 2.05) is 35.5 Å². The van der Waals surface area contributed by atoms with E-state index in [1.54, 1.807) is 17.4 Å². The Hall–Kier alpha value is -2.06. The van der Waals surface area contributed by atoms with Crippen LogP contribution < -0.4 is 0 Å². The number of rotatable bonds is 3. The molecule has 6 nitrogen and oxygen atoms in total. The van der Waals surface area contributed by atoms with Gasteiger partial charge in [-0.05, 0) is 30.0 Å². The van der Waals surface area contributed by atoms with E-state index in [2.05, 4.69) is 0 Å². The molecule has 3 aliphatic heterocycles. The van der Waals surface area contributed by atoms with Crippen LogP contribution in [0.5, 0.6) is 0 Å². The molecule has 0 spiro atoms. The lowest BCUT2D eigenvalue weighted by Gasteiger charge is -2.48. The molecule has 0 amide bonds. The first-order valence-corrected chi connectivity index (χ1v) is 9.39. The van der Waals surface area contributed by atoms with Gasteiger partial charge in [0.1, 0.15) is 5.04 Å². The molecule has 130 valence electrons. The zero-order valence-corrected chi connectivity index (χ0v) is 15.5. The van der Waals surface area contributed by atoms with Crippen molar-refractivity contribution in [3.8, 4) is 0 Å². The number of nitrogens with zero attached hydrogens (tertiary/aromatic N) is 2. The number of carbonyl (C=O) groups is 2. The Balaban J connectivity index is 1.94. The summed E-state index contributed by atoms with van der Waals surface area (Å²) in [5.74, 6) is -0.982. The number of carbonyl (C=O) groups excluding carboxylic acids is 2.